The molecule has 1 saturated carbocycles. The van der Waals surface area contributed by atoms with Crippen LogP contribution < -0.4 is 5.32 Å². The van der Waals surface area contributed by atoms with Gasteiger partial charge in [-0.1, -0.05) is 33.1 Å². The second-order valence-corrected chi connectivity index (χ2v) is 6.68. The van der Waals surface area contributed by atoms with Gasteiger partial charge in [-0.25, -0.2) is 0 Å². The molecule has 1 aliphatic carbocycles. The summed E-state index contributed by atoms with van der Waals surface area (Å²) in [7, 11) is 0. The van der Waals surface area contributed by atoms with Crippen LogP contribution in [0.3, 0.4) is 0 Å². The van der Waals surface area contributed by atoms with Crippen LogP contribution >= 0.6 is 0 Å². The lowest BCUT2D eigenvalue weighted by molar-refractivity contribution is -0.00284. The van der Waals surface area contributed by atoms with E-state index < -0.39 is 11.7 Å². The van der Waals surface area contributed by atoms with E-state index in [4.69, 9.17) is 4.74 Å². The zero-order chi connectivity index (χ0) is 14.8. The Balaban J connectivity index is 1.98. The predicted octanol–water partition coefficient (Wildman–Crippen LogP) is 2.08. The third-order valence-corrected chi connectivity index (χ3v) is 4.00. The van der Waals surface area contributed by atoms with E-state index in [0.717, 1.165) is 38.7 Å². The Bertz CT molecular complexity index is 240. The molecule has 120 valence electrons. The number of hydrogen-bond donors (Lipinski definition) is 3. The number of hydrogen-bond acceptors (Lipinski definition) is 4. The summed E-state index contributed by atoms with van der Waals surface area (Å²) < 4.78 is 5.46. The molecule has 1 aliphatic rings. The van der Waals surface area contributed by atoms with Crippen LogP contribution in [0.4, 0.5) is 0 Å². The minimum atomic E-state index is -0.559. The maximum atomic E-state index is 10.3. The van der Waals surface area contributed by atoms with Crippen molar-refractivity contribution >= 4 is 0 Å². The highest BCUT2D eigenvalue weighted by atomic mass is 16.5. The topological polar surface area (TPSA) is 61.7 Å². The third-order valence-electron chi connectivity index (χ3n) is 4.00. The normalized spacial score (nSPS) is 20.2. The van der Waals surface area contributed by atoms with Gasteiger partial charge in [0.1, 0.15) is 0 Å². The summed E-state index contributed by atoms with van der Waals surface area (Å²) in [5, 5.41) is 23.3. The molecular formula is C16H33NO3. The lowest BCUT2D eigenvalue weighted by Gasteiger charge is -2.32. The van der Waals surface area contributed by atoms with Crippen molar-refractivity contribution in [2.75, 3.05) is 26.3 Å². The first-order chi connectivity index (χ1) is 9.52. The molecule has 3 N–H and O–H groups in total. The summed E-state index contributed by atoms with van der Waals surface area (Å²) in [6.07, 6.45) is 6.94. The summed E-state index contributed by atoms with van der Waals surface area (Å²) in [5.74, 6) is 0.710. The van der Waals surface area contributed by atoms with Crippen LogP contribution in [0.1, 0.15) is 58.8 Å². The van der Waals surface area contributed by atoms with E-state index in [1.807, 2.05) is 0 Å². The fraction of sp³-hybridized carbons (Fsp3) is 1.00. The SMILES string of the molecule is CC(C)CCCOCC(O)CNCC1(O)CCCCC1. The Kier molecular flexibility index (Phi) is 8.69. The molecule has 0 amide bonds. The largest absolute Gasteiger partial charge is 0.389 e. The van der Waals surface area contributed by atoms with Gasteiger partial charge in [0.05, 0.1) is 18.3 Å². The van der Waals surface area contributed by atoms with Gasteiger partial charge in [-0.05, 0) is 31.6 Å². The predicted molar refractivity (Wildman–Crippen MR) is 81.8 cm³/mol. The minimum absolute atomic E-state index is 0.378. The van der Waals surface area contributed by atoms with Gasteiger partial charge in [0, 0.05) is 19.7 Å². The van der Waals surface area contributed by atoms with Gasteiger partial charge in [0.2, 0.25) is 0 Å². The number of nitrogens with one attached hydrogen (secondary N) is 1. The van der Waals surface area contributed by atoms with Gasteiger partial charge in [-0.15, -0.1) is 0 Å². The molecule has 0 aromatic rings. The molecular weight excluding hydrogens is 254 g/mol. The molecule has 20 heavy (non-hydrogen) atoms. The molecule has 0 radical (unpaired) electrons. The van der Waals surface area contributed by atoms with E-state index >= 15 is 0 Å². The van der Waals surface area contributed by atoms with Crippen molar-refractivity contribution in [2.45, 2.75) is 70.5 Å². The van der Waals surface area contributed by atoms with Crippen molar-refractivity contribution in [3.63, 3.8) is 0 Å². The summed E-state index contributed by atoms with van der Waals surface area (Å²) >= 11 is 0. The second kappa shape index (κ2) is 9.72. The first-order valence-electron chi connectivity index (χ1n) is 8.21. The zero-order valence-corrected chi connectivity index (χ0v) is 13.2. The molecule has 1 fully saturated rings. The molecule has 4 heteroatoms. The van der Waals surface area contributed by atoms with Crippen molar-refractivity contribution in [1.82, 2.24) is 5.32 Å². The number of rotatable bonds is 10. The quantitative estimate of drug-likeness (QED) is 0.538. The van der Waals surface area contributed by atoms with E-state index in [1.165, 1.54) is 12.8 Å². The first-order valence-corrected chi connectivity index (χ1v) is 8.21. The average Bonchev–Trinajstić information content (AvgIpc) is 2.38. The van der Waals surface area contributed by atoms with E-state index in [0.29, 0.717) is 25.6 Å². The monoisotopic (exact) mass is 287 g/mol. The van der Waals surface area contributed by atoms with Crippen LogP contribution in [0.5, 0.6) is 0 Å². The summed E-state index contributed by atoms with van der Waals surface area (Å²) in [6, 6.07) is 0. The maximum Gasteiger partial charge on any atom is 0.0897 e. The van der Waals surface area contributed by atoms with Gasteiger partial charge in [0.25, 0.3) is 0 Å². The Morgan fingerprint density at radius 2 is 1.90 bits per heavy atom. The van der Waals surface area contributed by atoms with Crippen molar-refractivity contribution < 1.29 is 14.9 Å². The average molecular weight is 287 g/mol. The van der Waals surface area contributed by atoms with Crippen molar-refractivity contribution in [3.8, 4) is 0 Å². The van der Waals surface area contributed by atoms with Gasteiger partial charge in [-0.3, -0.25) is 0 Å². The smallest absolute Gasteiger partial charge is 0.0897 e. The summed E-state index contributed by atoms with van der Waals surface area (Å²) in [5.41, 5.74) is -0.559. The fourth-order valence-electron chi connectivity index (χ4n) is 2.73. The summed E-state index contributed by atoms with van der Waals surface area (Å²) in [4.78, 5) is 0. The molecule has 4 nitrogen and oxygen atoms in total. The van der Waals surface area contributed by atoms with Gasteiger partial charge < -0.3 is 20.3 Å². The number of aliphatic hydroxyl groups excluding tert-OH is 1. The van der Waals surface area contributed by atoms with Crippen molar-refractivity contribution in [1.29, 1.82) is 0 Å². The van der Waals surface area contributed by atoms with E-state index in [-0.39, 0.29) is 0 Å². The van der Waals surface area contributed by atoms with Crippen LogP contribution in [0.15, 0.2) is 0 Å². The van der Waals surface area contributed by atoms with Gasteiger partial charge >= 0.3 is 0 Å². The Morgan fingerprint density at radius 1 is 1.20 bits per heavy atom. The molecule has 0 aliphatic heterocycles. The standard InChI is InChI=1S/C16H33NO3/c1-14(2)7-6-10-20-12-15(18)11-17-13-16(19)8-4-3-5-9-16/h14-15,17-19H,3-13H2,1-2H3. The van der Waals surface area contributed by atoms with Crippen LogP contribution in [0.2, 0.25) is 0 Å². The van der Waals surface area contributed by atoms with Gasteiger partial charge in [0.15, 0.2) is 0 Å². The van der Waals surface area contributed by atoms with Crippen LogP contribution in [0.25, 0.3) is 0 Å². The maximum absolute atomic E-state index is 10.3. The lowest BCUT2D eigenvalue weighted by atomic mass is 9.85. The molecule has 0 heterocycles. The fourth-order valence-corrected chi connectivity index (χ4v) is 2.73. The Morgan fingerprint density at radius 3 is 2.55 bits per heavy atom. The molecule has 0 aromatic carbocycles. The first kappa shape index (κ1) is 17.9. The minimum Gasteiger partial charge on any atom is -0.389 e. The number of ether oxygens (including phenoxy) is 1. The molecule has 0 spiro atoms. The highest BCUT2D eigenvalue weighted by Gasteiger charge is 2.28. The van der Waals surface area contributed by atoms with Crippen LogP contribution in [-0.2, 0) is 4.74 Å². The van der Waals surface area contributed by atoms with Crippen molar-refractivity contribution in [2.24, 2.45) is 5.92 Å². The zero-order valence-electron chi connectivity index (χ0n) is 13.2. The van der Waals surface area contributed by atoms with Crippen LogP contribution in [-0.4, -0.2) is 48.2 Å². The number of aliphatic hydroxyl groups is 2. The highest BCUT2D eigenvalue weighted by Crippen LogP contribution is 2.27. The Labute approximate surface area is 123 Å². The molecule has 0 aromatic heterocycles. The van der Waals surface area contributed by atoms with E-state index in [2.05, 4.69) is 19.2 Å². The van der Waals surface area contributed by atoms with E-state index in [9.17, 15) is 10.2 Å². The van der Waals surface area contributed by atoms with E-state index in [1.54, 1.807) is 0 Å². The van der Waals surface area contributed by atoms with Crippen LogP contribution in [0, 0.1) is 5.92 Å². The third kappa shape index (κ3) is 8.20. The molecule has 1 unspecified atom stereocenters. The van der Waals surface area contributed by atoms with Crippen molar-refractivity contribution in [3.05, 3.63) is 0 Å². The molecule has 1 rings (SSSR count). The van der Waals surface area contributed by atoms with Gasteiger partial charge in [-0.2, -0.15) is 0 Å². The highest BCUT2D eigenvalue weighted by molar-refractivity contribution is 4.84. The summed E-state index contributed by atoms with van der Waals surface area (Å²) in [6.45, 7) is 6.58. The lowest BCUT2D eigenvalue weighted by Crippen LogP contribution is -2.44. The molecule has 0 bridgehead atoms. The second-order valence-electron chi connectivity index (χ2n) is 6.68. The molecule has 1 atom stereocenters. The Hall–Kier alpha value is -0.160. The molecule has 0 saturated heterocycles.